The van der Waals surface area contributed by atoms with Gasteiger partial charge < -0.3 is 28.2 Å². The molecule has 3 aromatic carbocycles. The van der Waals surface area contributed by atoms with Crippen molar-refractivity contribution in [3.8, 4) is 17.2 Å². The lowest BCUT2D eigenvalue weighted by Gasteiger charge is -2.19. The van der Waals surface area contributed by atoms with Crippen LogP contribution in [0.1, 0.15) is 0 Å². The predicted molar refractivity (Wildman–Crippen MR) is 175 cm³/mol. The molecular weight excluding hydrogens is 866 g/mol. The highest BCUT2D eigenvalue weighted by molar-refractivity contribution is 9.11. The van der Waals surface area contributed by atoms with Gasteiger partial charge in [0, 0.05) is 25.8 Å². The molecule has 11 nitrogen and oxygen atoms in total. The highest BCUT2D eigenvalue weighted by Crippen LogP contribution is 2.56. The molecule has 3 aromatic heterocycles. The SMILES string of the molecule is O=P(O)(O)On1cc(OP(=O)(Oc2c[nH]c3ccc(Br)c(Cl)c23)Oc2c[nH]c3ccc(Br)c(Cl)c23)c2c(Cl)c(Br)ccc21. The molecule has 0 unspecified atom stereocenters. The summed E-state index contributed by atoms with van der Waals surface area (Å²) < 4.78 is 51.3. The van der Waals surface area contributed by atoms with E-state index in [9.17, 15) is 18.9 Å². The van der Waals surface area contributed by atoms with Gasteiger partial charge >= 0.3 is 15.6 Å². The molecule has 43 heavy (non-hydrogen) atoms. The predicted octanol–water partition coefficient (Wildman–Crippen LogP) is 10.0. The summed E-state index contributed by atoms with van der Waals surface area (Å²) in [5.41, 5.74) is 1.20. The molecule has 3 heterocycles. The third-order valence-electron chi connectivity index (χ3n) is 6.02. The number of hydrogen-bond donors (Lipinski definition) is 4. The third kappa shape index (κ3) is 5.95. The van der Waals surface area contributed by atoms with Crippen LogP contribution in [0.15, 0.2) is 68.4 Å². The number of rotatable bonds is 8. The molecule has 0 saturated carbocycles. The number of nitrogens with zero attached hydrogens (tertiary/aromatic N) is 1. The minimum atomic E-state index is -5.05. The standard InChI is InChI=1S/C24H13Br3Cl3N3O8P2/c25-10-1-4-13-19(22(10)28)16(7-31-13)38-43(37,39-17-8-32-14-5-2-11(26)23(29)20(14)17)40-18-9-33(41-42(34,35)36)15-6-3-12(27)24(30)21(15)18/h1-9,31-32H,(H2,34,35,36). The monoisotopic (exact) mass is 875 g/mol. The summed E-state index contributed by atoms with van der Waals surface area (Å²) in [4.78, 5) is 24.9. The summed E-state index contributed by atoms with van der Waals surface area (Å²) in [5, 5.41) is 1.41. The van der Waals surface area contributed by atoms with E-state index in [-0.39, 0.29) is 43.2 Å². The molecule has 0 saturated heterocycles. The lowest BCUT2D eigenvalue weighted by molar-refractivity contribution is 0.184. The van der Waals surface area contributed by atoms with E-state index in [0.29, 0.717) is 35.2 Å². The quantitative estimate of drug-likeness (QED) is 0.111. The van der Waals surface area contributed by atoms with Crippen molar-refractivity contribution in [3.05, 3.63) is 83.5 Å². The first-order valence-electron chi connectivity index (χ1n) is 11.6. The van der Waals surface area contributed by atoms with E-state index >= 15 is 0 Å². The molecule has 0 atom stereocenters. The summed E-state index contributed by atoms with van der Waals surface area (Å²) >= 11 is 29.7. The molecule has 0 aliphatic rings. The minimum Gasteiger partial charge on any atom is -0.384 e. The Hall–Kier alpha value is -1.83. The second kappa shape index (κ2) is 11.5. The van der Waals surface area contributed by atoms with Gasteiger partial charge in [-0.1, -0.05) is 34.8 Å². The van der Waals surface area contributed by atoms with Crippen LogP contribution < -0.4 is 18.2 Å². The maximum absolute atomic E-state index is 14.7. The molecule has 0 aliphatic heterocycles. The first-order chi connectivity index (χ1) is 20.2. The Labute approximate surface area is 281 Å². The van der Waals surface area contributed by atoms with E-state index in [2.05, 4.69) is 57.8 Å². The smallest absolute Gasteiger partial charge is 0.384 e. The second-order valence-electron chi connectivity index (χ2n) is 8.74. The number of aromatic amines is 2. The summed E-state index contributed by atoms with van der Waals surface area (Å²) in [6.45, 7) is 0. The zero-order valence-electron chi connectivity index (χ0n) is 20.6. The Morgan fingerprint density at radius 1 is 0.674 bits per heavy atom. The van der Waals surface area contributed by atoms with E-state index in [4.69, 9.17) is 53.0 Å². The van der Waals surface area contributed by atoms with Gasteiger partial charge in [-0.05, 0) is 84.2 Å². The van der Waals surface area contributed by atoms with Crippen molar-refractivity contribution in [2.24, 2.45) is 0 Å². The summed E-state index contributed by atoms with van der Waals surface area (Å²) in [5.74, 6) is -0.226. The molecular formula is C24H13Br3Cl3N3O8P2. The molecule has 19 heteroatoms. The number of hydrogen-bond acceptors (Lipinski definition) is 6. The summed E-state index contributed by atoms with van der Waals surface area (Å²) in [6.07, 6.45) is 3.88. The van der Waals surface area contributed by atoms with Crippen molar-refractivity contribution in [3.63, 3.8) is 0 Å². The van der Waals surface area contributed by atoms with Crippen molar-refractivity contribution in [1.29, 1.82) is 0 Å². The Kier molecular flexibility index (Phi) is 8.34. The third-order valence-corrected chi connectivity index (χ3v) is 11.5. The van der Waals surface area contributed by atoms with Crippen LogP contribution in [0.2, 0.25) is 15.1 Å². The Morgan fingerprint density at radius 2 is 1.12 bits per heavy atom. The minimum absolute atomic E-state index is 0.0132. The van der Waals surface area contributed by atoms with E-state index in [1.165, 1.54) is 24.5 Å². The number of fused-ring (bicyclic) bond motifs is 3. The van der Waals surface area contributed by atoms with Crippen molar-refractivity contribution >= 4 is 131 Å². The lowest BCUT2D eigenvalue weighted by Crippen LogP contribution is -2.08. The van der Waals surface area contributed by atoms with Gasteiger partial charge in [-0.2, -0.15) is 9.30 Å². The van der Waals surface area contributed by atoms with Gasteiger partial charge in [0.05, 0.1) is 54.0 Å². The highest BCUT2D eigenvalue weighted by atomic mass is 79.9. The van der Waals surface area contributed by atoms with Gasteiger partial charge in [0.1, 0.15) is 0 Å². The van der Waals surface area contributed by atoms with E-state index in [1.807, 2.05) is 0 Å². The van der Waals surface area contributed by atoms with Crippen molar-refractivity contribution in [2.75, 3.05) is 0 Å². The molecule has 6 rings (SSSR count). The van der Waals surface area contributed by atoms with Gasteiger partial charge in [0.25, 0.3) is 0 Å². The highest BCUT2D eigenvalue weighted by Gasteiger charge is 2.38. The van der Waals surface area contributed by atoms with Gasteiger partial charge in [0.15, 0.2) is 17.2 Å². The van der Waals surface area contributed by atoms with Crippen LogP contribution in [0, 0.1) is 0 Å². The van der Waals surface area contributed by atoms with E-state index in [0.717, 1.165) is 10.9 Å². The Bertz CT molecular complexity index is 2090. The molecule has 4 N–H and O–H groups in total. The first kappa shape index (κ1) is 31.2. The van der Waals surface area contributed by atoms with Crippen LogP contribution in [-0.4, -0.2) is 24.5 Å². The Morgan fingerprint density at radius 3 is 1.60 bits per heavy atom. The normalized spacial score (nSPS) is 12.4. The van der Waals surface area contributed by atoms with Crippen LogP contribution in [0.5, 0.6) is 17.2 Å². The van der Waals surface area contributed by atoms with Crippen LogP contribution in [-0.2, 0) is 9.13 Å². The van der Waals surface area contributed by atoms with Crippen LogP contribution >= 0.6 is 98.2 Å². The van der Waals surface area contributed by atoms with E-state index in [1.54, 1.807) is 24.3 Å². The van der Waals surface area contributed by atoms with E-state index < -0.39 is 15.6 Å². The number of aromatic nitrogens is 3. The number of benzene rings is 3. The zero-order chi connectivity index (χ0) is 30.8. The maximum Gasteiger partial charge on any atom is 0.647 e. The molecule has 0 amide bonds. The Balaban J connectivity index is 1.53. The molecule has 6 aromatic rings. The maximum atomic E-state index is 14.7. The fourth-order valence-electron chi connectivity index (χ4n) is 4.27. The molecule has 0 radical (unpaired) electrons. The summed E-state index contributed by atoms with van der Waals surface area (Å²) in [7, 11) is -9.85. The van der Waals surface area contributed by atoms with Crippen molar-refractivity contribution in [2.45, 2.75) is 0 Å². The number of phosphoric acid groups is 2. The molecule has 0 spiro atoms. The fraction of sp³-hybridized carbons (Fsp3) is 0. The second-order valence-corrected chi connectivity index (χ2v) is 15.0. The number of halogens is 6. The average Bonchev–Trinajstić information content (AvgIpc) is 3.61. The number of phosphoric ester groups is 1. The van der Waals surface area contributed by atoms with Crippen molar-refractivity contribution < 1.29 is 37.1 Å². The van der Waals surface area contributed by atoms with Gasteiger partial charge in [-0.25, -0.2) is 4.57 Å². The van der Waals surface area contributed by atoms with Gasteiger partial charge in [-0.3, -0.25) is 9.79 Å². The lowest BCUT2D eigenvalue weighted by atomic mass is 10.2. The molecule has 0 aliphatic carbocycles. The zero-order valence-corrected chi connectivity index (χ0v) is 29.5. The molecule has 0 bridgehead atoms. The summed E-state index contributed by atoms with van der Waals surface area (Å²) in [6, 6.07) is 9.88. The topological polar surface area (TPSA) is 148 Å². The molecule has 0 fully saturated rings. The largest absolute Gasteiger partial charge is 0.647 e. The average molecular weight is 879 g/mol. The fourth-order valence-corrected chi connectivity index (χ4v) is 7.65. The van der Waals surface area contributed by atoms with Crippen LogP contribution in [0.25, 0.3) is 32.7 Å². The van der Waals surface area contributed by atoms with Crippen LogP contribution in [0.4, 0.5) is 0 Å². The van der Waals surface area contributed by atoms with Gasteiger partial charge in [-0.15, -0.1) is 0 Å². The molecule has 224 valence electrons. The van der Waals surface area contributed by atoms with Gasteiger partial charge in [0.2, 0.25) is 0 Å². The van der Waals surface area contributed by atoms with Crippen molar-refractivity contribution in [1.82, 2.24) is 14.7 Å². The number of nitrogens with one attached hydrogen (secondary N) is 2. The first-order valence-corrected chi connectivity index (χ1v) is 18.1. The van der Waals surface area contributed by atoms with Crippen LogP contribution in [0.3, 0.4) is 0 Å². The number of H-pyrrole nitrogens is 2.